The van der Waals surface area contributed by atoms with Gasteiger partial charge in [-0.15, -0.1) is 4.40 Å². The number of rotatable bonds is 5. The Balaban J connectivity index is 1.26. The van der Waals surface area contributed by atoms with Crippen LogP contribution in [0.5, 0.6) is 0 Å². The van der Waals surface area contributed by atoms with Gasteiger partial charge in [0, 0.05) is 57.7 Å². The molecule has 160 valence electrons. The van der Waals surface area contributed by atoms with Gasteiger partial charge in [-0.3, -0.25) is 9.69 Å². The van der Waals surface area contributed by atoms with Crippen molar-refractivity contribution in [2.24, 2.45) is 4.40 Å². The van der Waals surface area contributed by atoms with Gasteiger partial charge in [0.2, 0.25) is 0 Å². The Morgan fingerprint density at radius 1 is 1.10 bits per heavy atom. The second-order valence-electron chi connectivity index (χ2n) is 7.38. The standard InChI is InChI=1S/C20H24FN5O3S/c21-16-3-5-17(6-4-16)25-12-10-24(11-13-25)9-7-22-20(27)18-2-1-8-26-14-15-30(28,29)23-19(18)26/h1-6,8H,7,9-15H2,(H,22,27). The highest BCUT2D eigenvalue weighted by atomic mass is 32.2. The zero-order valence-corrected chi connectivity index (χ0v) is 17.3. The van der Waals surface area contributed by atoms with E-state index in [1.807, 2.05) is 0 Å². The first-order chi connectivity index (χ1) is 14.4. The molecule has 0 spiro atoms. The van der Waals surface area contributed by atoms with Gasteiger partial charge in [0.25, 0.3) is 15.9 Å². The maximum atomic E-state index is 13.1. The number of hydrogen-bond acceptors (Lipinski definition) is 6. The molecule has 10 heteroatoms. The molecular weight excluding hydrogens is 409 g/mol. The van der Waals surface area contributed by atoms with E-state index in [-0.39, 0.29) is 28.9 Å². The molecule has 0 aromatic heterocycles. The Labute approximate surface area is 175 Å². The number of piperazine rings is 1. The van der Waals surface area contributed by atoms with Crippen LogP contribution in [0.15, 0.2) is 52.6 Å². The molecule has 1 aromatic rings. The molecule has 3 heterocycles. The van der Waals surface area contributed by atoms with Gasteiger partial charge in [0.05, 0.1) is 11.3 Å². The maximum Gasteiger partial charge on any atom is 0.256 e. The summed E-state index contributed by atoms with van der Waals surface area (Å²) >= 11 is 0. The van der Waals surface area contributed by atoms with E-state index in [4.69, 9.17) is 0 Å². The van der Waals surface area contributed by atoms with E-state index in [1.165, 1.54) is 12.1 Å². The number of nitrogens with one attached hydrogen (secondary N) is 1. The van der Waals surface area contributed by atoms with Gasteiger partial charge in [-0.05, 0) is 36.4 Å². The third kappa shape index (κ3) is 4.71. The zero-order chi connectivity index (χ0) is 21.1. The fourth-order valence-electron chi connectivity index (χ4n) is 3.70. The summed E-state index contributed by atoms with van der Waals surface area (Å²) in [6.45, 7) is 4.80. The molecule has 1 fully saturated rings. The van der Waals surface area contributed by atoms with E-state index in [0.29, 0.717) is 19.6 Å². The first-order valence-electron chi connectivity index (χ1n) is 9.90. The average Bonchev–Trinajstić information content (AvgIpc) is 2.74. The number of halogens is 1. The summed E-state index contributed by atoms with van der Waals surface area (Å²) in [4.78, 5) is 18.7. The molecule has 3 aliphatic rings. The monoisotopic (exact) mass is 433 g/mol. The maximum absolute atomic E-state index is 13.1. The Hall–Kier alpha value is -2.72. The fourth-order valence-corrected chi connectivity index (χ4v) is 4.68. The predicted octanol–water partition coefficient (Wildman–Crippen LogP) is 0.562. The van der Waals surface area contributed by atoms with Crippen LogP contribution < -0.4 is 10.2 Å². The van der Waals surface area contributed by atoms with E-state index in [1.54, 1.807) is 35.4 Å². The summed E-state index contributed by atoms with van der Waals surface area (Å²) in [7, 11) is -3.53. The molecule has 1 N–H and O–H groups in total. The van der Waals surface area contributed by atoms with E-state index >= 15 is 0 Å². The number of fused-ring (bicyclic) bond motifs is 1. The highest BCUT2D eigenvalue weighted by Crippen LogP contribution is 2.18. The number of benzene rings is 1. The van der Waals surface area contributed by atoms with Crippen LogP contribution in [0, 0.1) is 5.82 Å². The van der Waals surface area contributed by atoms with E-state index in [2.05, 4.69) is 19.5 Å². The number of sulfonamides is 1. The highest BCUT2D eigenvalue weighted by molar-refractivity contribution is 7.90. The minimum atomic E-state index is -3.53. The summed E-state index contributed by atoms with van der Waals surface area (Å²) in [6.07, 6.45) is 5.04. The van der Waals surface area contributed by atoms with Crippen LogP contribution in [0.1, 0.15) is 0 Å². The molecule has 0 aliphatic carbocycles. The third-order valence-electron chi connectivity index (χ3n) is 5.38. The summed E-state index contributed by atoms with van der Waals surface area (Å²) in [5.41, 5.74) is 1.27. The SMILES string of the molecule is O=C(NCCN1CCN(c2ccc(F)cc2)CC1)C1=CC=CN2CCS(=O)(=O)N=C12. The smallest absolute Gasteiger partial charge is 0.256 e. The van der Waals surface area contributed by atoms with Gasteiger partial charge < -0.3 is 15.1 Å². The lowest BCUT2D eigenvalue weighted by molar-refractivity contribution is -0.117. The topological polar surface area (TPSA) is 85.3 Å². The van der Waals surface area contributed by atoms with E-state index in [0.717, 1.165) is 31.9 Å². The normalized spacial score (nSPS) is 21.0. The molecule has 8 nitrogen and oxygen atoms in total. The van der Waals surface area contributed by atoms with Crippen molar-refractivity contribution in [2.45, 2.75) is 0 Å². The molecule has 0 bridgehead atoms. The molecule has 30 heavy (non-hydrogen) atoms. The average molecular weight is 434 g/mol. The number of allylic oxidation sites excluding steroid dienone is 2. The minimum absolute atomic E-state index is 0.0559. The summed E-state index contributed by atoms with van der Waals surface area (Å²) in [5, 5.41) is 2.87. The quantitative estimate of drug-likeness (QED) is 0.731. The van der Waals surface area contributed by atoms with Crippen LogP contribution >= 0.6 is 0 Å². The predicted molar refractivity (Wildman–Crippen MR) is 113 cm³/mol. The van der Waals surface area contributed by atoms with Crippen LogP contribution in [0.4, 0.5) is 10.1 Å². The van der Waals surface area contributed by atoms with Gasteiger partial charge in [0.15, 0.2) is 5.84 Å². The molecule has 0 atom stereocenters. The Kier molecular flexibility index (Phi) is 5.87. The van der Waals surface area contributed by atoms with Crippen LogP contribution in [-0.2, 0) is 14.8 Å². The number of amides is 1. The lowest BCUT2D eigenvalue weighted by Crippen LogP contribution is -2.49. The van der Waals surface area contributed by atoms with Crippen LogP contribution in [0.3, 0.4) is 0 Å². The number of carbonyl (C=O) groups excluding carboxylic acids is 1. The van der Waals surface area contributed by atoms with Crippen LogP contribution in [0.25, 0.3) is 0 Å². The van der Waals surface area contributed by atoms with Gasteiger partial charge in [0.1, 0.15) is 5.82 Å². The largest absolute Gasteiger partial charge is 0.369 e. The van der Waals surface area contributed by atoms with Crippen molar-refractivity contribution in [3.8, 4) is 0 Å². The van der Waals surface area contributed by atoms with Crippen LogP contribution in [0.2, 0.25) is 0 Å². The van der Waals surface area contributed by atoms with Gasteiger partial charge >= 0.3 is 0 Å². The molecule has 0 radical (unpaired) electrons. The molecule has 0 unspecified atom stereocenters. The van der Waals surface area contributed by atoms with Crippen molar-refractivity contribution in [1.82, 2.24) is 15.1 Å². The molecule has 4 rings (SSSR count). The molecule has 1 aromatic carbocycles. The van der Waals surface area contributed by atoms with Gasteiger partial charge in [-0.25, -0.2) is 12.8 Å². The third-order valence-corrected chi connectivity index (χ3v) is 6.53. The van der Waals surface area contributed by atoms with Crippen molar-refractivity contribution in [1.29, 1.82) is 0 Å². The lowest BCUT2D eigenvalue weighted by Gasteiger charge is -2.36. The summed E-state index contributed by atoms with van der Waals surface area (Å²) < 4.78 is 40.5. The Morgan fingerprint density at radius 2 is 1.83 bits per heavy atom. The second kappa shape index (κ2) is 8.57. The van der Waals surface area contributed by atoms with Crippen molar-refractivity contribution in [2.75, 3.05) is 56.5 Å². The molecule has 3 aliphatic heterocycles. The van der Waals surface area contributed by atoms with Crippen molar-refractivity contribution in [3.63, 3.8) is 0 Å². The highest BCUT2D eigenvalue weighted by Gasteiger charge is 2.29. The van der Waals surface area contributed by atoms with Crippen molar-refractivity contribution < 1.29 is 17.6 Å². The van der Waals surface area contributed by atoms with E-state index in [9.17, 15) is 17.6 Å². The van der Waals surface area contributed by atoms with Crippen molar-refractivity contribution >= 4 is 27.5 Å². The van der Waals surface area contributed by atoms with Crippen LogP contribution in [-0.4, -0.2) is 81.5 Å². The number of anilines is 1. The molecule has 0 saturated carbocycles. The molecule has 1 amide bonds. The Morgan fingerprint density at radius 3 is 2.57 bits per heavy atom. The first kappa shape index (κ1) is 20.5. The van der Waals surface area contributed by atoms with Gasteiger partial charge in [-0.2, -0.15) is 0 Å². The molecular formula is C20H24FN5O3S. The van der Waals surface area contributed by atoms with Gasteiger partial charge in [-0.1, -0.05) is 0 Å². The summed E-state index contributed by atoms with van der Waals surface area (Å²) in [6, 6.07) is 6.51. The number of hydrogen-bond donors (Lipinski definition) is 1. The second-order valence-corrected chi connectivity index (χ2v) is 9.13. The number of nitrogens with zero attached hydrogens (tertiary/aromatic N) is 4. The number of carbonyl (C=O) groups is 1. The first-order valence-corrected chi connectivity index (χ1v) is 11.5. The summed E-state index contributed by atoms with van der Waals surface area (Å²) in [5.74, 6) is -0.435. The van der Waals surface area contributed by atoms with E-state index < -0.39 is 10.0 Å². The van der Waals surface area contributed by atoms with Crippen molar-refractivity contribution in [3.05, 3.63) is 54.0 Å². The zero-order valence-electron chi connectivity index (χ0n) is 16.5. The molecule has 1 saturated heterocycles. The fraction of sp³-hybridized carbons (Fsp3) is 0.400. The minimum Gasteiger partial charge on any atom is -0.369 e. The Bertz CT molecular complexity index is 996. The number of amidine groups is 1. The lowest BCUT2D eigenvalue weighted by atomic mass is 10.1.